The van der Waals surface area contributed by atoms with E-state index in [1.54, 1.807) is 42.5 Å². The van der Waals surface area contributed by atoms with Crippen LogP contribution < -0.4 is 14.2 Å². The number of carbonyl (C=O) groups is 2. The smallest absolute Gasteiger partial charge is 0.337 e. The van der Waals surface area contributed by atoms with Gasteiger partial charge < -0.3 is 18.9 Å². The average molecular weight is 328 g/mol. The Hall–Kier alpha value is -3.02. The molecule has 1 aliphatic rings. The van der Waals surface area contributed by atoms with Gasteiger partial charge in [0.05, 0.1) is 19.1 Å². The van der Waals surface area contributed by atoms with Crippen molar-refractivity contribution >= 4 is 11.9 Å². The first-order valence-corrected chi connectivity index (χ1v) is 7.43. The molecule has 24 heavy (non-hydrogen) atoms. The first kappa shape index (κ1) is 15.9. The molecular weight excluding hydrogens is 312 g/mol. The van der Waals surface area contributed by atoms with Crippen molar-refractivity contribution in [3.05, 3.63) is 53.6 Å². The summed E-state index contributed by atoms with van der Waals surface area (Å²) < 4.78 is 20.8. The van der Waals surface area contributed by atoms with Crippen LogP contribution in [0.4, 0.5) is 0 Å². The lowest BCUT2D eigenvalue weighted by molar-refractivity contribution is -0.133. The third-order valence-corrected chi connectivity index (χ3v) is 3.46. The molecule has 1 aliphatic heterocycles. The molecule has 6 heteroatoms. The Morgan fingerprint density at radius 2 is 1.71 bits per heavy atom. The zero-order valence-corrected chi connectivity index (χ0v) is 13.1. The van der Waals surface area contributed by atoms with E-state index in [1.807, 2.05) is 0 Å². The van der Waals surface area contributed by atoms with Crippen molar-refractivity contribution in [2.75, 3.05) is 20.3 Å². The van der Waals surface area contributed by atoms with Crippen LogP contribution in [0.5, 0.6) is 17.2 Å². The van der Waals surface area contributed by atoms with Crippen molar-refractivity contribution in [3.63, 3.8) is 0 Å². The van der Waals surface area contributed by atoms with Crippen molar-refractivity contribution in [1.82, 2.24) is 0 Å². The minimum absolute atomic E-state index is 0.107. The van der Waals surface area contributed by atoms with Crippen LogP contribution in [-0.2, 0) is 16.0 Å². The number of esters is 2. The molecule has 3 rings (SSSR count). The van der Waals surface area contributed by atoms with Gasteiger partial charge in [-0.1, -0.05) is 6.07 Å². The lowest BCUT2D eigenvalue weighted by Crippen LogP contribution is -2.16. The van der Waals surface area contributed by atoms with Crippen LogP contribution >= 0.6 is 0 Å². The quantitative estimate of drug-likeness (QED) is 0.634. The van der Waals surface area contributed by atoms with Crippen LogP contribution in [0, 0.1) is 0 Å². The monoisotopic (exact) mass is 328 g/mol. The van der Waals surface area contributed by atoms with Crippen molar-refractivity contribution in [3.8, 4) is 17.2 Å². The van der Waals surface area contributed by atoms with E-state index in [0.717, 1.165) is 5.56 Å². The molecule has 0 fully saturated rings. The fourth-order valence-electron chi connectivity index (χ4n) is 2.31. The fourth-order valence-corrected chi connectivity index (χ4v) is 2.31. The maximum Gasteiger partial charge on any atom is 0.337 e. The largest absolute Gasteiger partial charge is 0.486 e. The third-order valence-electron chi connectivity index (χ3n) is 3.46. The second kappa shape index (κ2) is 7.04. The van der Waals surface area contributed by atoms with Crippen molar-refractivity contribution < 1.29 is 28.5 Å². The molecule has 0 radical (unpaired) electrons. The summed E-state index contributed by atoms with van der Waals surface area (Å²) in [4.78, 5) is 23.4. The average Bonchev–Trinajstić information content (AvgIpc) is 2.61. The van der Waals surface area contributed by atoms with E-state index in [2.05, 4.69) is 4.74 Å². The van der Waals surface area contributed by atoms with Gasteiger partial charge in [0.2, 0.25) is 0 Å². The summed E-state index contributed by atoms with van der Waals surface area (Å²) in [5, 5.41) is 0. The van der Waals surface area contributed by atoms with Gasteiger partial charge in [0.25, 0.3) is 0 Å². The molecule has 0 atom stereocenters. The van der Waals surface area contributed by atoms with E-state index < -0.39 is 11.9 Å². The van der Waals surface area contributed by atoms with Gasteiger partial charge in [-0.25, -0.2) is 4.79 Å². The number of rotatable bonds is 4. The van der Waals surface area contributed by atoms with Crippen molar-refractivity contribution in [1.29, 1.82) is 0 Å². The highest BCUT2D eigenvalue weighted by Gasteiger charge is 2.14. The van der Waals surface area contributed by atoms with Gasteiger partial charge in [0.15, 0.2) is 11.5 Å². The lowest BCUT2D eigenvalue weighted by atomic mass is 10.1. The second-order valence-corrected chi connectivity index (χ2v) is 5.14. The van der Waals surface area contributed by atoms with Gasteiger partial charge in [-0.05, 0) is 42.0 Å². The van der Waals surface area contributed by atoms with Crippen LogP contribution in [0.3, 0.4) is 0 Å². The molecule has 124 valence electrons. The molecule has 0 saturated heterocycles. The van der Waals surface area contributed by atoms with Crippen LogP contribution in [0.2, 0.25) is 0 Å². The fraction of sp³-hybridized carbons (Fsp3) is 0.222. The summed E-state index contributed by atoms with van der Waals surface area (Å²) in [5.74, 6) is 0.831. The van der Waals surface area contributed by atoms with Crippen LogP contribution in [0.25, 0.3) is 0 Å². The van der Waals surface area contributed by atoms with E-state index >= 15 is 0 Å². The molecule has 0 amide bonds. The van der Waals surface area contributed by atoms with Crippen LogP contribution in [0.1, 0.15) is 15.9 Å². The Kier molecular flexibility index (Phi) is 4.65. The number of carbonyl (C=O) groups excluding carboxylic acids is 2. The van der Waals surface area contributed by atoms with Crippen molar-refractivity contribution in [2.24, 2.45) is 0 Å². The summed E-state index contributed by atoms with van der Waals surface area (Å²) in [7, 11) is 1.31. The van der Waals surface area contributed by atoms with Crippen molar-refractivity contribution in [2.45, 2.75) is 6.42 Å². The van der Waals surface area contributed by atoms with E-state index in [-0.39, 0.29) is 6.42 Å². The predicted octanol–water partition coefficient (Wildman–Crippen LogP) is 2.39. The maximum absolute atomic E-state index is 12.0. The molecular formula is C18H16O6. The Bertz CT molecular complexity index is 751. The van der Waals surface area contributed by atoms with Gasteiger partial charge >= 0.3 is 11.9 Å². The topological polar surface area (TPSA) is 71.1 Å². The second-order valence-electron chi connectivity index (χ2n) is 5.14. The minimum atomic E-state index is -0.441. The highest BCUT2D eigenvalue weighted by Crippen LogP contribution is 2.31. The number of hydrogen-bond acceptors (Lipinski definition) is 6. The lowest BCUT2D eigenvalue weighted by Gasteiger charge is -2.18. The maximum atomic E-state index is 12.0. The summed E-state index contributed by atoms with van der Waals surface area (Å²) in [6.07, 6.45) is 0.107. The SMILES string of the molecule is COC(=O)c1ccc(OC(=O)Cc2ccc3c(c2)OCCO3)cc1. The molecule has 2 aromatic rings. The predicted molar refractivity (Wildman–Crippen MR) is 84.6 cm³/mol. The van der Waals surface area contributed by atoms with Crippen LogP contribution in [-0.4, -0.2) is 32.3 Å². The van der Waals surface area contributed by atoms with E-state index in [4.69, 9.17) is 14.2 Å². The molecule has 0 aromatic heterocycles. The Morgan fingerprint density at radius 1 is 1.00 bits per heavy atom. The standard InChI is InChI=1S/C18H16O6/c1-21-18(20)13-3-5-14(6-4-13)24-17(19)11-12-2-7-15-16(10-12)23-9-8-22-15/h2-7,10H,8-9,11H2,1H3. The molecule has 1 heterocycles. The van der Waals surface area contributed by atoms with Gasteiger partial charge in [-0.15, -0.1) is 0 Å². The van der Waals surface area contributed by atoms with E-state index in [0.29, 0.717) is 36.0 Å². The summed E-state index contributed by atoms with van der Waals surface area (Å²) in [5.41, 5.74) is 1.17. The molecule has 0 aliphatic carbocycles. The summed E-state index contributed by atoms with van der Waals surface area (Å²) in [6.45, 7) is 1.02. The Labute approximate surface area is 138 Å². The van der Waals surface area contributed by atoms with Gasteiger partial charge in [0, 0.05) is 0 Å². The number of ether oxygens (including phenoxy) is 4. The number of hydrogen-bond donors (Lipinski definition) is 0. The van der Waals surface area contributed by atoms with E-state index in [1.165, 1.54) is 7.11 Å². The van der Waals surface area contributed by atoms with Crippen LogP contribution in [0.15, 0.2) is 42.5 Å². The number of benzene rings is 2. The molecule has 6 nitrogen and oxygen atoms in total. The first-order valence-electron chi connectivity index (χ1n) is 7.43. The summed E-state index contributed by atoms with van der Waals surface area (Å²) in [6, 6.07) is 11.5. The van der Waals surface area contributed by atoms with Gasteiger partial charge in [-0.3, -0.25) is 4.79 Å². The van der Waals surface area contributed by atoms with Gasteiger partial charge in [-0.2, -0.15) is 0 Å². The highest BCUT2D eigenvalue weighted by molar-refractivity contribution is 5.89. The van der Waals surface area contributed by atoms with Gasteiger partial charge in [0.1, 0.15) is 19.0 Å². The third kappa shape index (κ3) is 3.65. The molecule has 0 unspecified atom stereocenters. The molecule has 2 aromatic carbocycles. The Balaban J connectivity index is 1.62. The summed E-state index contributed by atoms with van der Waals surface area (Å²) >= 11 is 0. The van der Waals surface area contributed by atoms with E-state index in [9.17, 15) is 9.59 Å². The molecule has 0 saturated carbocycles. The zero-order chi connectivity index (χ0) is 16.9. The number of methoxy groups -OCH3 is 1. The molecule has 0 spiro atoms. The zero-order valence-electron chi connectivity index (χ0n) is 13.1. The molecule has 0 bridgehead atoms. The Morgan fingerprint density at radius 3 is 2.42 bits per heavy atom. The normalized spacial score (nSPS) is 12.4. The first-order chi connectivity index (χ1) is 11.7. The molecule has 0 N–H and O–H groups in total. The minimum Gasteiger partial charge on any atom is -0.486 e. The highest BCUT2D eigenvalue weighted by atomic mass is 16.6. The number of fused-ring (bicyclic) bond motifs is 1.